The van der Waals surface area contributed by atoms with E-state index in [0.717, 1.165) is 11.1 Å². The van der Waals surface area contributed by atoms with Gasteiger partial charge >= 0.3 is 6.09 Å². The number of hydrogen-bond acceptors (Lipinski definition) is 5. The molecule has 8 heteroatoms. The summed E-state index contributed by atoms with van der Waals surface area (Å²) in [5, 5.41) is 15.6. The van der Waals surface area contributed by atoms with Crippen LogP contribution in [0.5, 0.6) is 5.75 Å². The zero-order valence-corrected chi connectivity index (χ0v) is 25.8. The van der Waals surface area contributed by atoms with E-state index in [1.165, 1.54) is 17.0 Å². The van der Waals surface area contributed by atoms with Crippen molar-refractivity contribution in [3.63, 3.8) is 0 Å². The van der Waals surface area contributed by atoms with Crippen molar-refractivity contribution in [3.05, 3.63) is 95.1 Å². The maximum atomic E-state index is 14.6. The van der Waals surface area contributed by atoms with Crippen molar-refractivity contribution in [2.45, 2.75) is 85.0 Å². The normalized spacial score (nSPS) is 13.0. The first kappa shape index (κ1) is 32.2. The summed E-state index contributed by atoms with van der Waals surface area (Å²) in [5.41, 5.74) is 2.23. The summed E-state index contributed by atoms with van der Waals surface area (Å²) >= 11 is 0. The first-order chi connectivity index (χ1) is 19.6. The third-order valence-corrected chi connectivity index (χ3v) is 6.68. The van der Waals surface area contributed by atoms with Crippen LogP contribution < -0.4 is 10.6 Å². The third kappa shape index (κ3) is 8.59. The number of alkyl carbamates (subject to hydrolysis) is 1. The Balaban J connectivity index is 2.10. The van der Waals surface area contributed by atoms with Crippen molar-refractivity contribution >= 4 is 23.6 Å². The summed E-state index contributed by atoms with van der Waals surface area (Å²) in [6, 6.07) is 19.3. The number of aromatic hydroxyl groups is 1. The number of aryl methyl sites for hydroxylation is 2. The van der Waals surface area contributed by atoms with Crippen LogP contribution in [0.4, 0.5) is 10.5 Å². The number of amides is 3. The van der Waals surface area contributed by atoms with Gasteiger partial charge in [-0.25, -0.2) is 4.79 Å². The average Bonchev–Trinajstić information content (AvgIpc) is 2.88. The molecule has 3 rings (SSSR count). The molecular formula is C34H43N3O5. The van der Waals surface area contributed by atoms with Gasteiger partial charge < -0.3 is 25.4 Å². The van der Waals surface area contributed by atoms with Crippen molar-refractivity contribution in [1.82, 2.24) is 10.2 Å². The molecule has 224 valence electrons. The van der Waals surface area contributed by atoms with E-state index in [1.54, 1.807) is 32.9 Å². The third-order valence-electron chi connectivity index (χ3n) is 6.68. The van der Waals surface area contributed by atoms with Crippen LogP contribution in [0.2, 0.25) is 0 Å². The summed E-state index contributed by atoms with van der Waals surface area (Å²) in [5.74, 6) is -0.736. The van der Waals surface area contributed by atoms with Crippen LogP contribution in [0.25, 0.3) is 0 Å². The van der Waals surface area contributed by atoms with Gasteiger partial charge in [-0.15, -0.1) is 0 Å². The SMILES string of the molecule is Cc1cccc(C)c1NC(=O)C(c1ccccc1)N(C(=O)C(Cc1ccc(O)cc1)NC(=O)OC(C)(C)C)C(C)(C)C. The molecule has 0 heterocycles. The molecule has 0 fully saturated rings. The summed E-state index contributed by atoms with van der Waals surface area (Å²) in [4.78, 5) is 43.3. The summed E-state index contributed by atoms with van der Waals surface area (Å²) < 4.78 is 5.50. The molecule has 2 unspecified atom stereocenters. The van der Waals surface area contributed by atoms with Crippen LogP contribution in [-0.4, -0.2) is 45.1 Å². The topological polar surface area (TPSA) is 108 Å². The molecule has 0 saturated carbocycles. The van der Waals surface area contributed by atoms with E-state index >= 15 is 0 Å². The number of phenols is 1. The molecule has 0 spiro atoms. The van der Waals surface area contributed by atoms with Crippen LogP contribution in [0, 0.1) is 13.8 Å². The van der Waals surface area contributed by atoms with Crippen LogP contribution in [0.3, 0.4) is 0 Å². The number of benzene rings is 3. The fraction of sp³-hybridized carbons (Fsp3) is 0.382. The number of phenolic OH excluding ortho intramolecular Hbond substituents is 1. The lowest BCUT2D eigenvalue weighted by Crippen LogP contribution is -2.58. The van der Waals surface area contributed by atoms with Gasteiger partial charge in [0, 0.05) is 17.6 Å². The van der Waals surface area contributed by atoms with Gasteiger partial charge in [-0.05, 0) is 89.8 Å². The fourth-order valence-electron chi connectivity index (χ4n) is 4.79. The van der Waals surface area contributed by atoms with E-state index in [9.17, 15) is 19.5 Å². The number of hydrogen-bond donors (Lipinski definition) is 3. The Labute approximate surface area is 249 Å². The second kappa shape index (κ2) is 13.1. The predicted octanol–water partition coefficient (Wildman–Crippen LogP) is 6.45. The largest absolute Gasteiger partial charge is 0.508 e. The fourth-order valence-corrected chi connectivity index (χ4v) is 4.79. The lowest BCUT2D eigenvalue weighted by molar-refractivity contribution is -0.146. The Bertz CT molecular complexity index is 1370. The standard InChI is InChI=1S/C34H43N3O5/c1-22-13-12-14-23(2)28(22)36-30(39)29(25-15-10-9-11-16-25)37(33(3,4)5)31(40)27(35-32(41)42-34(6,7)8)21-24-17-19-26(38)20-18-24/h9-20,27,29,38H,21H2,1-8H3,(H,35,41)(H,36,39). The number of anilines is 1. The molecule has 0 aliphatic heterocycles. The second-order valence-corrected chi connectivity index (χ2v) is 12.5. The van der Waals surface area contributed by atoms with Crippen molar-refractivity contribution < 1.29 is 24.2 Å². The van der Waals surface area contributed by atoms with Crippen molar-refractivity contribution in [2.75, 3.05) is 5.32 Å². The summed E-state index contributed by atoms with van der Waals surface area (Å²) in [6.07, 6.45) is -0.630. The summed E-state index contributed by atoms with van der Waals surface area (Å²) in [7, 11) is 0. The molecule has 0 aliphatic rings. The van der Waals surface area contributed by atoms with E-state index in [-0.39, 0.29) is 18.1 Å². The first-order valence-electron chi connectivity index (χ1n) is 14.1. The van der Waals surface area contributed by atoms with Gasteiger partial charge in [0.2, 0.25) is 5.91 Å². The highest BCUT2D eigenvalue weighted by Gasteiger charge is 2.42. The van der Waals surface area contributed by atoms with Gasteiger partial charge in [-0.1, -0.05) is 60.7 Å². The highest BCUT2D eigenvalue weighted by Crippen LogP contribution is 2.32. The summed E-state index contributed by atoms with van der Waals surface area (Å²) in [6.45, 7) is 14.7. The van der Waals surface area contributed by atoms with Gasteiger partial charge in [-0.2, -0.15) is 0 Å². The van der Waals surface area contributed by atoms with Gasteiger partial charge in [0.1, 0.15) is 23.4 Å². The van der Waals surface area contributed by atoms with Crippen molar-refractivity contribution in [2.24, 2.45) is 0 Å². The maximum absolute atomic E-state index is 14.6. The highest BCUT2D eigenvalue weighted by molar-refractivity contribution is 6.00. The van der Waals surface area contributed by atoms with E-state index in [2.05, 4.69) is 10.6 Å². The van der Waals surface area contributed by atoms with Gasteiger partial charge in [0.15, 0.2) is 0 Å². The molecule has 2 atom stereocenters. The van der Waals surface area contributed by atoms with E-state index in [4.69, 9.17) is 4.74 Å². The van der Waals surface area contributed by atoms with Crippen LogP contribution in [-0.2, 0) is 20.7 Å². The average molecular weight is 574 g/mol. The van der Waals surface area contributed by atoms with Crippen LogP contribution >= 0.6 is 0 Å². The lowest BCUT2D eigenvalue weighted by Gasteiger charge is -2.43. The Morgan fingerprint density at radius 1 is 0.833 bits per heavy atom. The van der Waals surface area contributed by atoms with Crippen LogP contribution in [0.1, 0.15) is 69.8 Å². The highest BCUT2D eigenvalue weighted by atomic mass is 16.6. The zero-order chi connectivity index (χ0) is 31.2. The number of rotatable bonds is 8. The minimum atomic E-state index is -1.07. The number of nitrogens with one attached hydrogen (secondary N) is 2. The van der Waals surface area contributed by atoms with Crippen molar-refractivity contribution in [3.8, 4) is 5.75 Å². The maximum Gasteiger partial charge on any atom is 0.408 e. The number of ether oxygens (including phenoxy) is 1. The zero-order valence-electron chi connectivity index (χ0n) is 25.8. The second-order valence-electron chi connectivity index (χ2n) is 12.5. The molecule has 8 nitrogen and oxygen atoms in total. The molecular weight excluding hydrogens is 530 g/mol. The minimum absolute atomic E-state index is 0.0883. The molecule has 3 N–H and O–H groups in total. The van der Waals surface area contributed by atoms with Gasteiger partial charge in [0.05, 0.1) is 0 Å². The Kier molecular flexibility index (Phi) is 10.0. The Morgan fingerprint density at radius 2 is 1.40 bits per heavy atom. The van der Waals surface area contributed by atoms with E-state index < -0.39 is 35.2 Å². The molecule has 0 radical (unpaired) electrons. The number of para-hydroxylation sites is 1. The molecule has 0 aliphatic carbocycles. The van der Waals surface area contributed by atoms with Gasteiger partial charge in [-0.3, -0.25) is 9.59 Å². The monoisotopic (exact) mass is 573 g/mol. The first-order valence-corrected chi connectivity index (χ1v) is 14.1. The minimum Gasteiger partial charge on any atom is -0.508 e. The number of carbonyl (C=O) groups excluding carboxylic acids is 3. The van der Waals surface area contributed by atoms with Crippen molar-refractivity contribution in [1.29, 1.82) is 0 Å². The molecule has 0 aromatic heterocycles. The molecule has 3 aromatic rings. The molecule has 42 heavy (non-hydrogen) atoms. The van der Waals surface area contributed by atoms with Gasteiger partial charge in [0.25, 0.3) is 5.91 Å². The lowest BCUT2D eigenvalue weighted by atomic mass is 9.94. The number of nitrogens with zero attached hydrogens (tertiary/aromatic N) is 1. The Morgan fingerprint density at radius 3 is 1.93 bits per heavy atom. The molecule has 0 bridgehead atoms. The van der Waals surface area contributed by atoms with E-state index in [1.807, 2.05) is 83.1 Å². The molecule has 3 amide bonds. The molecule has 0 saturated heterocycles. The smallest absolute Gasteiger partial charge is 0.408 e. The quantitative estimate of drug-likeness (QED) is 0.287. The van der Waals surface area contributed by atoms with Crippen LogP contribution in [0.15, 0.2) is 72.8 Å². The Hall–Kier alpha value is -4.33. The van der Waals surface area contributed by atoms with E-state index in [0.29, 0.717) is 16.8 Å². The number of carbonyl (C=O) groups is 3. The molecule has 3 aromatic carbocycles. The predicted molar refractivity (Wildman–Crippen MR) is 165 cm³/mol.